The number of fused-ring (bicyclic) bond motifs is 1. The summed E-state index contributed by atoms with van der Waals surface area (Å²) in [5, 5.41) is 9.92. The van der Waals surface area contributed by atoms with Crippen molar-refractivity contribution in [2.45, 2.75) is 6.92 Å². The lowest BCUT2D eigenvalue weighted by atomic mass is 10.1. The van der Waals surface area contributed by atoms with Crippen molar-refractivity contribution in [3.8, 4) is 11.3 Å². The van der Waals surface area contributed by atoms with Crippen molar-refractivity contribution in [2.24, 2.45) is 0 Å². The summed E-state index contributed by atoms with van der Waals surface area (Å²) in [4.78, 5) is 8.38. The Balaban J connectivity index is 2.31. The third kappa shape index (κ3) is 1.97. The molecule has 0 fully saturated rings. The van der Waals surface area contributed by atoms with Gasteiger partial charge in [0.2, 0.25) is 5.95 Å². The van der Waals surface area contributed by atoms with Crippen molar-refractivity contribution in [1.82, 2.24) is 20.2 Å². The fourth-order valence-electron chi connectivity index (χ4n) is 1.99. The van der Waals surface area contributed by atoms with Crippen LogP contribution in [0.4, 0.5) is 14.7 Å². The van der Waals surface area contributed by atoms with Gasteiger partial charge in [0.05, 0.1) is 22.8 Å². The maximum absolute atomic E-state index is 13.9. The topological polar surface area (TPSA) is 66.5 Å². The third-order valence-electron chi connectivity index (χ3n) is 2.84. The molecule has 0 saturated heterocycles. The SMILES string of the molecule is CCNc1nc(-c2c(F)cccc2F)c2cn[nH]c2n1. The molecule has 0 amide bonds. The summed E-state index contributed by atoms with van der Waals surface area (Å²) in [7, 11) is 0. The molecule has 0 aliphatic rings. The smallest absolute Gasteiger partial charge is 0.225 e. The van der Waals surface area contributed by atoms with Gasteiger partial charge in [0, 0.05) is 6.54 Å². The van der Waals surface area contributed by atoms with E-state index in [1.807, 2.05) is 6.92 Å². The second-order valence-electron chi connectivity index (χ2n) is 4.16. The van der Waals surface area contributed by atoms with Crippen LogP contribution in [0, 0.1) is 11.6 Å². The van der Waals surface area contributed by atoms with Crippen LogP contribution in [0.2, 0.25) is 0 Å². The fourth-order valence-corrected chi connectivity index (χ4v) is 1.99. The van der Waals surface area contributed by atoms with E-state index >= 15 is 0 Å². The van der Waals surface area contributed by atoms with Gasteiger partial charge in [0.25, 0.3) is 0 Å². The Bertz CT molecular complexity index is 748. The van der Waals surface area contributed by atoms with Gasteiger partial charge in [-0.15, -0.1) is 0 Å². The van der Waals surface area contributed by atoms with Gasteiger partial charge in [-0.2, -0.15) is 10.1 Å². The van der Waals surface area contributed by atoms with E-state index in [1.165, 1.54) is 24.4 Å². The Labute approximate surface area is 113 Å². The molecule has 0 aliphatic heterocycles. The first kappa shape index (κ1) is 12.5. The van der Waals surface area contributed by atoms with Gasteiger partial charge in [-0.3, -0.25) is 5.10 Å². The van der Waals surface area contributed by atoms with Crippen LogP contribution in [0.3, 0.4) is 0 Å². The number of halogens is 2. The van der Waals surface area contributed by atoms with Crippen LogP contribution >= 0.6 is 0 Å². The predicted molar refractivity (Wildman–Crippen MR) is 71.2 cm³/mol. The van der Waals surface area contributed by atoms with Gasteiger partial charge in [-0.05, 0) is 19.1 Å². The summed E-state index contributed by atoms with van der Waals surface area (Å²) in [6.07, 6.45) is 1.45. The van der Waals surface area contributed by atoms with Gasteiger partial charge in [0.1, 0.15) is 11.6 Å². The Morgan fingerprint density at radius 1 is 1.20 bits per heavy atom. The van der Waals surface area contributed by atoms with Crippen molar-refractivity contribution in [2.75, 3.05) is 11.9 Å². The molecule has 2 aromatic heterocycles. The largest absolute Gasteiger partial charge is 0.354 e. The van der Waals surface area contributed by atoms with E-state index in [2.05, 4.69) is 25.5 Å². The van der Waals surface area contributed by atoms with Crippen LogP contribution in [-0.2, 0) is 0 Å². The molecule has 0 aliphatic carbocycles. The number of nitrogens with one attached hydrogen (secondary N) is 2. The maximum Gasteiger partial charge on any atom is 0.225 e. The predicted octanol–water partition coefficient (Wildman–Crippen LogP) is 2.73. The Kier molecular flexibility index (Phi) is 3.02. The standard InChI is InChI=1S/C13H11F2N5/c1-2-16-13-18-11(7-6-17-20-12(7)19-13)10-8(14)4-3-5-9(10)15/h3-6H,2H2,1H3,(H2,16,17,18,19,20). The highest BCUT2D eigenvalue weighted by Crippen LogP contribution is 2.30. The molecule has 7 heteroatoms. The zero-order valence-electron chi connectivity index (χ0n) is 10.6. The second kappa shape index (κ2) is 4.84. The van der Waals surface area contributed by atoms with Gasteiger partial charge < -0.3 is 5.32 Å². The van der Waals surface area contributed by atoms with Crippen LogP contribution in [0.5, 0.6) is 0 Å². The minimum atomic E-state index is -0.673. The summed E-state index contributed by atoms with van der Waals surface area (Å²) >= 11 is 0. The maximum atomic E-state index is 13.9. The van der Waals surface area contributed by atoms with Crippen molar-refractivity contribution >= 4 is 17.0 Å². The van der Waals surface area contributed by atoms with Gasteiger partial charge in [-0.1, -0.05) is 6.07 Å². The van der Waals surface area contributed by atoms with Crippen molar-refractivity contribution in [1.29, 1.82) is 0 Å². The van der Waals surface area contributed by atoms with Crippen LogP contribution in [0.25, 0.3) is 22.3 Å². The second-order valence-corrected chi connectivity index (χ2v) is 4.16. The normalized spacial score (nSPS) is 10.9. The summed E-state index contributed by atoms with van der Waals surface area (Å²) in [6.45, 7) is 2.47. The number of hydrogen-bond donors (Lipinski definition) is 2. The molecular weight excluding hydrogens is 264 g/mol. The molecule has 0 radical (unpaired) electrons. The molecule has 0 bridgehead atoms. The molecule has 0 saturated carbocycles. The van der Waals surface area contributed by atoms with Crippen LogP contribution in [0.1, 0.15) is 6.92 Å². The van der Waals surface area contributed by atoms with E-state index in [0.29, 0.717) is 23.5 Å². The molecule has 2 heterocycles. The minimum Gasteiger partial charge on any atom is -0.354 e. The number of anilines is 1. The third-order valence-corrected chi connectivity index (χ3v) is 2.84. The highest BCUT2D eigenvalue weighted by Gasteiger charge is 2.18. The van der Waals surface area contributed by atoms with Crippen molar-refractivity contribution < 1.29 is 8.78 Å². The molecule has 102 valence electrons. The van der Waals surface area contributed by atoms with Gasteiger partial charge in [-0.25, -0.2) is 13.8 Å². The Morgan fingerprint density at radius 3 is 2.65 bits per heavy atom. The monoisotopic (exact) mass is 275 g/mol. The average molecular weight is 275 g/mol. The average Bonchev–Trinajstić information content (AvgIpc) is 2.87. The molecule has 5 nitrogen and oxygen atoms in total. The molecule has 0 spiro atoms. The first-order valence-electron chi connectivity index (χ1n) is 6.10. The first-order chi connectivity index (χ1) is 9.70. The number of H-pyrrole nitrogens is 1. The molecule has 0 atom stereocenters. The van der Waals surface area contributed by atoms with Crippen LogP contribution in [0.15, 0.2) is 24.4 Å². The lowest BCUT2D eigenvalue weighted by Crippen LogP contribution is -2.04. The van der Waals surface area contributed by atoms with E-state index in [4.69, 9.17) is 0 Å². The Morgan fingerprint density at radius 2 is 1.95 bits per heavy atom. The summed E-state index contributed by atoms with van der Waals surface area (Å²) in [5.41, 5.74) is 0.421. The number of benzene rings is 1. The van der Waals surface area contributed by atoms with Crippen LogP contribution < -0.4 is 5.32 Å². The highest BCUT2D eigenvalue weighted by molar-refractivity contribution is 5.91. The van der Waals surface area contributed by atoms with E-state index in [-0.39, 0.29) is 11.3 Å². The summed E-state index contributed by atoms with van der Waals surface area (Å²) in [6, 6.07) is 3.70. The van der Waals surface area contributed by atoms with Crippen molar-refractivity contribution in [3.05, 3.63) is 36.0 Å². The minimum absolute atomic E-state index is 0.176. The lowest BCUT2D eigenvalue weighted by Gasteiger charge is -2.08. The lowest BCUT2D eigenvalue weighted by molar-refractivity contribution is 0.589. The molecule has 3 rings (SSSR count). The zero-order valence-corrected chi connectivity index (χ0v) is 10.6. The molecular formula is C13H11F2N5. The van der Waals surface area contributed by atoms with E-state index in [1.54, 1.807) is 0 Å². The van der Waals surface area contributed by atoms with E-state index in [0.717, 1.165) is 0 Å². The summed E-state index contributed by atoms with van der Waals surface area (Å²) < 4.78 is 27.9. The number of rotatable bonds is 3. The number of aromatic nitrogens is 4. The Hall–Kier alpha value is -2.57. The van der Waals surface area contributed by atoms with E-state index < -0.39 is 11.6 Å². The number of aromatic amines is 1. The fraction of sp³-hybridized carbons (Fsp3) is 0.154. The van der Waals surface area contributed by atoms with Crippen molar-refractivity contribution in [3.63, 3.8) is 0 Å². The van der Waals surface area contributed by atoms with E-state index in [9.17, 15) is 8.78 Å². The quantitative estimate of drug-likeness (QED) is 0.771. The molecule has 1 aromatic carbocycles. The molecule has 3 aromatic rings. The van der Waals surface area contributed by atoms with Crippen LogP contribution in [-0.4, -0.2) is 26.7 Å². The molecule has 20 heavy (non-hydrogen) atoms. The zero-order chi connectivity index (χ0) is 14.1. The van der Waals surface area contributed by atoms with Gasteiger partial charge >= 0.3 is 0 Å². The number of nitrogens with zero attached hydrogens (tertiary/aromatic N) is 3. The first-order valence-corrected chi connectivity index (χ1v) is 6.10. The number of hydrogen-bond acceptors (Lipinski definition) is 4. The summed E-state index contributed by atoms with van der Waals surface area (Å²) in [5.74, 6) is -1.05. The highest BCUT2D eigenvalue weighted by atomic mass is 19.1. The molecule has 2 N–H and O–H groups in total. The van der Waals surface area contributed by atoms with Gasteiger partial charge in [0.15, 0.2) is 5.65 Å². The molecule has 0 unspecified atom stereocenters.